The van der Waals surface area contributed by atoms with Crippen molar-refractivity contribution in [2.45, 2.75) is 39.2 Å². The molecular weight excluding hydrogens is 286 g/mol. The van der Waals surface area contributed by atoms with Crippen molar-refractivity contribution >= 4 is 11.8 Å². The van der Waals surface area contributed by atoms with Gasteiger partial charge >= 0.3 is 0 Å². The Hall–Kier alpha value is -2.42. The van der Waals surface area contributed by atoms with E-state index in [0.717, 1.165) is 11.1 Å². The minimum Gasteiger partial charge on any atom is -0.278 e. The van der Waals surface area contributed by atoms with Crippen LogP contribution >= 0.6 is 0 Å². The van der Waals surface area contributed by atoms with Crippen molar-refractivity contribution in [3.63, 3.8) is 0 Å². The Kier molecular flexibility index (Phi) is 6.10. The highest BCUT2D eigenvalue weighted by Gasteiger charge is 2.28. The summed E-state index contributed by atoms with van der Waals surface area (Å²) in [6, 6.07) is 19.3. The third-order valence-electron chi connectivity index (χ3n) is 3.96. The van der Waals surface area contributed by atoms with E-state index in [1.54, 1.807) is 6.92 Å². The zero-order valence-electron chi connectivity index (χ0n) is 13.7. The van der Waals surface area contributed by atoms with Crippen molar-refractivity contribution in [2.24, 2.45) is 0 Å². The molecule has 3 nitrogen and oxygen atoms in total. The van der Waals surface area contributed by atoms with Gasteiger partial charge in [-0.2, -0.15) is 0 Å². The first-order valence-electron chi connectivity index (χ1n) is 8.10. The maximum absolute atomic E-state index is 13.0. The summed E-state index contributed by atoms with van der Waals surface area (Å²) >= 11 is 0. The van der Waals surface area contributed by atoms with Crippen LogP contribution < -0.4 is 0 Å². The molecule has 0 aliphatic heterocycles. The molecule has 23 heavy (non-hydrogen) atoms. The second-order valence-corrected chi connectivity index (χ2v) is 5.53. The van der Waals surface area contributed by atoms with E-state index in [2.05, 4.69) is 0 Å². The first-order valence-corrected chi connectivity index (χ1v) is 8.10. The molecule has 0 aliphatic rings. The van der Waals surface area contributed by atoms with Gasteiger partial charge in [0.05, 0.1) is 12.5 Å². The van der Waals surface area contributed by atoms with Crippen molar-refractivity contribution in [3.05, 3.63) is 71.8 Å². The van der Waals surface area contributed by atoms with Gasteiger partial charge in [-0.15, -0.1) is 0 Å². The van der Waals surface area contributed by atoms with E-state index in [4.69, 9.17) is 0 Å². The number of imide groups is 1. The summed E-state index contributed by atoms with van der Waals surface area (Å²) in [6.07, 6.45) is 0.995. The summed E-state index contributed by atoms with van der Waals surface area (Å²) in [5.74, 6) is -0.530. The Labute approximate surface area is 137 Å². The number of carbonyl (C=O) groups excluding carboxylic acids is 2. The third kappa shape index (κ3) is 4.28. The lowest BCUT2D eigenvalue weighted by Crippen LogP contribution is -2.39. The first kappa shape index (κ1) is 16.9. The van der Waals surface area contributed by atoms with Crippen molar-refractivity contribution < 1.29 is 9.59 Å². The fourth-order valence-corrected chi connectivity index (χ4v) is 2.67. The molecule has 3 heteroatoms. The Morgan fingerprint density at radius 3 is 2.00 bits per heavy atom. The van der Waals surface area contributed by atoms with Crippen LogP contribution in [0.3, 0.4) is 0 Å². The lowest BCUT2D eigenvalue weighted by Gasteiger charge is -2.25. The summed E-state index contributed by atoms with van der Waals surface area (Å²) in [4.78, 5) is 26.7. The van der Waals surface area contributed by atoms with Gasteiger partial charge in [0.2, 0.25) is 11.8 Å². The fourth-order valence-electron chi connectivity index (χ4n) is 2.67. The van der Waals surface area contributed by atoms with E-state index in [0.29, 0.717) is 19.4 Å². The van der Waals surface area contributed by atoms with Gasteiger partial charge in [0.25, 0.3) is 0 Å². The summed E-state index contributed by atoms with van der Waals surface area (Å²) < 4.78 is 0. The van der Waals surface area contributed by atoms with Crippen LogP contribution in [-0.2, 0) is 16.1 Å². The molecule has 0 aliphatic carbocycles. The maximum atomic E-state index is 13.0. The number of carbonyl (C=O) groups is 2. The van der Waals surface area contributed by atoms with Crippen molar-refractivity contribution in [3.8, 4) is 0 Å². The fraction of sp³-hybridized carbons (Fsp3) is 0.300. The van der Waals surface area contributed by atoms with Crippen LogP contribution in [0.1, 0.15) is 43.7 Å². The van der Waals surface area contributed by atoms with Gasteiger partial charge in [0, 0.05) is 6.42 Å². The average Bonchev–Trinajstić information content (AvgIpc) is 2.61. The standard InChI is InChI=1S/C20H23NO2/c1-3-18(17-13-9-6-10-14-17)20(23)21(19(22)4-2)15-16-11-7-5-8-12-16/h5-14,18H,3-4,15H2,1-2H3. The molecule has 0 aromatic heterocycles. The lowest BCUT2D eigenvalue weighted by molar-refractivity contribution is -0.146. The highest BCUT2D eigenvalue weighted by atomic mass is 16.2. The normalized spacial score (nSPS) is 11.7. The number of hydrogen-bond acceptors (Lipinski definition) is 2. The average molecular weight is 309 g/mol. The van der Waals surface area contributed by atoms with E-state index in [1.165, 1.54) is 4.90 Å². The quantitative estimate of drug-likeness (QED) is 0.804. The van der Waals surface area contributed by atoms with Gasteiger partial charge in [0.15, 0.2) is 0 Å². The van der Waals surface area contributed by atoms with Crippen molar-refractivity contribution in [1.29, 1.82) is 0 Å². The van der Waals surface area contributed by atoms with Crippen LogP contribution in [0, 0.1) is 0 Å². The van der Waals surface area contributed by atoms with Crippen LogP contribution in [0.5, 0.6) is 0 Å². The Bertz CT molecular complexity index is 637. The lowest BCUT2D eigenvalue weighted by atomic mass is 9.94. The van der Waals surface area contributed by atoms with Gasteiger partial charge in [0.1, 0.15) is 0 Å². The highest BCUT2D eigenvalue weighted by Crippen LogP contribution is 2.23. The summed E-state index contributed by atoms with van der Waals surface area (Å²) in [7, 11) is 0. The number of rotatable bonds is 6. The molecule has 0 bridgehead atoms. The summed E-state index contributed by atoms with van der Waals surface area (Å²) in [6.45, 7) is 4.10. The van der Waals surface area contributed by atoms with Crippen LogP contribution in [-0.4, -0.2) is 16.7 Å². The van der Waals surface area contributed by atoms with Crippen molar-refractivity contribution in [1.82, 2.24) is 4.90 Å². The second-order valence-electron chi connectivity index (χ2n) is 5.53. The molecule has 0 heterocycles. The molecule has 0 saturated heterocycles. The third-order valence-corrected chi connectivity index (χ3v) is 3.96. The van der Waals surface area contributed by atoms with Gasteiger partial charge in [-0.05, 0) is 17.5 Å². The Balaban J connectivity index is 2.27. The van der Waals surface area contributed by atoms with Crippen LogP contribution in [0.4, 0.5) is 0 Å². The molecule has 0 N–H and O–H groups in total. The monoisotopic (exact) mass is 309 g/mol. The highest BCUT2D eigenvalue weighted by molar-refractivity contribution is 5.98. The second kappa shape index (κ2) is 8.28. The van der Waals surface area contributed by atoms with E-state index in [-0.39, 0.29) is 17.7 Å². The number of hydrogen-bond donors (Lipinski definition) is 0. The molecule has 0 fully saturated rings. The number of amides is 2. The molecule has 0 saturated carbocycles. The van der Waals surface area contributed by atoms with Gasteiger partial charge in [-0.1, -0.05) is 74.5 Å². The maximum Gasteiger partial charge on any atom is 0.237 e. The molecule has 120 valence electrons. The SMILES string of the molecule is CCC(=O)N(Cc1ccccc1)C(=O)C(CC)c1ccccc1. The minimum absolute atomic E-state index is 0.116. The molecule has 2 aromatic carbocycles. The largest absolute Gasteiger partial charge is 0.278 e. The minimum atomic E-state index is -0.282. The summed E-state index contributed by atoms with van der Waals surface area (Å²) in [5.41, 5.74) is 1.92. The van der Waals surface area contributed by atoms with Gasteiger partial charge in [-0.3, -0.25) is 14.5 Å². The Morgan fingerprint density at radius 2 is 1.48 bits per heavy atom. The topological polar surface area (TPSA) is 37.4 Å². The first-order chi connectivity index (χ1) is 11.2. The van der Waals surface area contributed by atoms with E-state index in [1.807, 2.05) is 67.6 Å². The van der Waals surface area contributed by atoms with Crippen LogP contribution in [0.25, 0.3) is 0 Å². The predicted octanol–water partition coefficient (Wildman–Crippen LogP) is 4.15. The summed E-state index contributed by atoms with van der Waals surface area (Å²) in [5, 5.41) is 0. The Morgan fingerprint density at radius 1 is 0.913 bits per heavy atom. The number of benzene rings is 2. The zero-order chi connectivity index (χ0) is 16.7. The molecule has 2 aromatic rings. The van der Waals surface area contributed by atoms with E-state index in [9.17, 15) is 9.59 Å². The molecule has 1 atom stereocenters. The van der Waals surface area contributed by atoms with Crippen LogP contribution in [0.2, 0.25) is 0 Å². The number of nitrogens with zero attached hydrogens (tertiary/aromatic N) is 1. The van der Waals surface area contributed by atoms with E-state index >= 15 is 0 Å². The predicted molar refractivity (Wildman–Crippen MR) is 91.8 cm³/mol. The molecule has 0 radical (unpaired) electrons. The van der Waals surface area contributed by atoms with E-state index < -0.39 is 0 Å². The van der Waals surface area contributed by atoms with Gasteiger partial charge < -0.3 is 0 Å². The molecule has 2 rings (SSSR count). The van der Waals surface area contributed by atoms with Crippen molar-refractivity contribution in [2.75, 3.05) is 0 Å². The molecule has 1 unspecified atom stereocenters. The molecule has 2 amide bonds. The van der Waals surface area contributed by atoms with Gasteiger partial charge in [-0.25, -0.2) is 0 Å². The van der Waals surface area contributed by atoms with Crippen LogP contribution in [0.15, 0.2) is 60.7 Å². The molecule has 0 spiro atoms. The smallest absolute Gasteiger partial charge is 0.237 e. The molecular formula is C20H23NO2. The zero-order valence-corrected chi connectivity index (χ0v) is 13.7.